The number of ether oxygens (including phenoxy) is 2. The summed E-state index contributed by atoms with van der Waals surface area (Å²) in [6.07, 6.45) is 11.2. The number of amides is 1. The van der Waals surface area contributed by atoms with Crippen molar-refractivity contribution in [2.45, 2.75) is 76.9 Å². The first kappa shape index (κ1) is 20.1. The summed E-state index contributed by atoms with van der Waals surface area (Å²) in [5.41, 5.74) is 1.93. The first-order chi connectivity index (χ1) is 14.7. The lowest BCUT2D eigenvalue weighted by Gasteiger charge is -2.37. The monoisotopic (exact) mass is 411 g/mol. The van der Waals surface area contributed by atoms with Gasteiger partial charge in [0.2, 0.25) is 6.29 Å². The minimum atomic E-state index is -0.390. The predicted molar refractivity (Wildman–Crippen MR) is 113 cm³/mol. The van der Waals surface area contributed by atoms with Crippen LogP contribution in [0, 0.1) is 23.7 Å². The number of allylic oxidation sites excluding steroid dienone is 1. The second kappa shape index (κ2) is 8.72. The summed E-state index contributed by atoms with van der Waals surface area (Å²) in [7, 11) is 0. The normalized spacial score (nSPS) is 33.0. The smallest absolute Gasteiger partial charge is 0.286 e. The van der Waals surface area contributed by atoms with Gasteiger partial charge in [-0.2, -0.15) is 0 Å². The number of hydrogen-bond acceptors (Lipinski definition) is 4. The first-order valence-corrected chi connectivity index (χ1v) is 11.7. The van der Waals surface area contributed by atoms with Gasteiger partial charge in [0.1, 0.15) is 0 Å². The number of aliphatic hydroxyl groups is 1. The molecular weight excluding hydrogens is 378 g/mol. The molecule has 0 aromatic heterocycles. The van der Waals surface area contributed by atoms with Gasteiger partial charge in [-0.05, 0) is 73.0 Å². The Kier molecular flexibility index (Phi) is 5.83. The summed E-state index contributed by atoms with van der Waals surface area (Å²) in [5, 5.41) is 12.5. The van der Waals surface area contributed by atoms with E-state index in [2.05, 4.69) is 11.4 Å². The van der Waals surface area contributed by atoms with Crippen LogP contribution in [0.25, 0.3) is 0 Å². The Morgan fingerprint density at radius 1 is 1.03 bits per heavy atom. The van der Waals surface area contributed by atoms with Crippen molar-refractivity contribution in [2.24, 2.45) is 23.7 Å². The zero-order chi connectivity index (χ0) is 20.5. The van der Waals surface area contributed by atoms with Crippen LogP contribution in [0.1, 0.15) is 62.5 Å². The Morgan fingerprint density at radius 3 is 2.47 bits per heavy atom. The highest BCUT2D eigenvalue weighted by atomic mass is 16.7. The van der Waals surface area contributed by atoms with Crippen molar-refractivity contribution in [3.63, 3.8) is 0 Å². The predicted octanol–water partition coefficient (Wildman–Crippen LogP) is 4.05. The fourth-order valence-electron chi connectivity index (χ4n) is 5.73. The molecule has 5 nitrogen and oxygen atoms in total. The lowest BCUT2D eigenvalue weighted by atomic mass is 9.73. The number of rotatable bonds is 7. The third-order valence-corrected chi connectivity index (χ3v) is 7.76. The molecule has 5 rings (SSSR count). The second-order valence-electron chi connectivity index (χ2n) is 9.71. The maximum absolute atomic E-state index is 13.0. The van der Waals surface area contributed by atoms with Crippen molar-refractivity contribution >= 4 is 5.91 Å². The van der Waals surface area contributed by atoms with Gasteiger partial charge in [0.25, 0.3) is 5.91 Å². The van der Waals surface area contributed by atoms with Crippen molar-refractivity contribution in [2.75, 3.05) is 0 Å². The summed E-state index contributed by atoms with van der Waals surface area (Å²) in [6.45, 7) is 0.483. The molecule has 1 amide bonds. The van der Waals surface area contributed by atoms with E-state index in [-0.39, 0.29) is 18.8 Å². The molecule has 1 aromatic rings. The fraction of sp³-hybridized carbons (Fsp3) is 0.640. The van der Waals surface area contributed by atoms with Gasteiger partial charge in [-0.3, -0.25) is 4.79 Å². The topological polar surface area (TPSA) is 67.8 Å². The van der Waals surface area contributed by atoms with Gasteiger partial charge in [0, 0.05) is 12.5 Å². The molecule has 3 saturated carbocycles. The third kappa shape index (κ3) is 4.28. The molecule has 0 radical (unpaired) electrons. The van der Waals surface area contributed by atoms with Crippen molar-refractivity contribution in [3.05, 3.63) is 47.2 Å². The van der Waals surface area contributed by atoms with Crippen LogP contribution in [-0.2, 0) is 27.5 Å². The van der Waals surface area contributed by atoms with Gasteiger partial charge in [0.05, 0.1) is 13.2 Å². The zero-order valence-corrected chi connectivity index (χ0v) is 17.6. The Balaban J connectivity index is 1.22. The number of fused-ring (bicyclic) bond motifs is 2. The van der Waals surface area contributed by atoms with Gasteiger partial charge in [0.15, 0.2) is 5.76 Å². The molecule has 1 heterocycles. The standard InChI is InChI=1S/C25H33NO4/c27-14-16-4-6-17(7-5-16)15-29-24-13-21(19-2-1-3-19)12-23(30-24)25(28)26-22-11-18-8-9-20(22)10-18/h4-7,12,18-22,24,27H,1-3,8-11,13-15H2,(H,26,28)/t18?,20?,21-,22?,24+/m0/s1. The van der Waals surface area contributed by atoms with Gasteiger partial charge >= 0.3 is 0 Å². The maximum Gasteiger partial charge on any atom is 0.286 e. The minimum Gasteiger partial charge on any atom is -0.459 e. The van der Waals surface area contributed by atoms with Crippen LogP contribution in [-0.4, -0.2) is 23.3 Å². The summed E-state index contributed by atoms with van der Waals surface area (Å²) < 4.78 is 12.1. The largest absolute Gasteiger partial charge is 0.459 e. The molecule has 162 valence electrons. The highest BCUT2D eigenvalue weighted by Crippen LogP contribution is 2.45. The second-order valence-corrected chi connectivity index (χ2v) is 9.71. The van der Waals surface area contributed by atoms with E-state index in [0.29, 0.717) is 36.2 Å². The molecule has 0 spiro atoms. The summed E-state index contributed by atoms with van der Waals surface area (Å²) >= 11 is 0. The first-order valence-electron chi connectivity index (χ1n) is 11.7. The molecule has 1 aromatic carbocycles. The van der Waals surface area contributed by atoms with Gasteiger partial charge in [-0.25, -0.2) is 0 Å². The van der Waals surface area contributed by atoms with E-state index in [1.54, 1.807) is 0 Å². The SMILES string of the molecule is O=C(NC1CC2CCC1C2)C1=C[C@H](C2CCC2)C[C@H](OCc2ccc(CO)cc2)O1. The van der Waals surface area contributed by atoms with Crippen LogP contribution in [0.4, 0.5) is 0 Å². The molecule has 4 aliphatic rings. The van der Waals surface area contributed by atoms with Crippen molar-refractivity contribution < 1.29 is 19.4 Å². The quantitative estimate of drug-likeness (QED) is 0.710. The van der Waals surface area contributed by atoms with Crippen LogP contribution in [0.5, 0.6) is 0 Å². The Hall–Kier alpha value is -1.85. The molecular formula is C25H33NO4. The highest BCUT2D eigenvalue weighted by Gasteiger charge is 2.41. The average molecular weight is 412 g/mol. The maximum atomic E-state index is 13.0. The summed E-state index contributed by atoms with van der Waals surface area (Å²) in [6, 6.07) is 8.07. The van der Waals surface area contributed by atoms with E-state index in [1.165, 1.54) is 38.5 Å². The van der Waals surface area contributed by atoms with Gasteiger partial charge < -0.3 is 19.9 Å². The van der Waals surface area contributed by atoms with Crippen LogP contribution in [0.15, 0.2) is 36.1 Å². The Labute approximate surface area is 178 Å². The summed E-state index contributed by atoms with van der Waals surface area (Å²) in [5.74, 6) is 2.86. The number of benzene rings is 1. The van der Waals surface area contributed by atoms with E-state index in [4.69, 9.17) is 9.47 Å². The molecule has 30 heavy (non-hydrogen) atoms. The number of nitrogens with one attached hydrogen (secondary N) is 1. The zero-order valence-electron chi connectivity index (χ0n) is 17.6. The fourth-order valence-corrected chi connectivity index (χ4v) is 5.73. The van der Waals surface area contributed by atoms with E-state index >= 15 is 0 Å². The molecule has 3 unspecified atom stereocenters. The molecule has 2 bridgehead atoms. The molecule has 5 heteroatoms. The third-order valence-electron chi connectivity index (χ3n) is 7.76. The molecule has 0 saturated heterocycles. The van der Waals surface area contributed by atoms with E-state index < -0.39 is 0 Å². The van der Waals surface area contributed by atoms with E-state index in [0.717, 1.165) is 29.9 Å². The average Bonchev–Trinajstić information content (AvgIpc) is 3.34. The minimum absolute atomic E-state index is 0.0435. The lowest BCUT2D eigenvalue weighted by Crippen LogP contribution is -2.42. The van der Waals surface area contributed by atoms with Gasteiger partial charge in [-0.1, -0.05) is 37.1 Å². The Morgan fingerprint density at radius 2 is 1.83 bits per heavy atom. The molecule has 2 N–H and O–H groups in total. The van der Waals surface area contributed by atoms with Crippen LogP contribution >= 0.6 is 0 Å². The van der Waals surface area contributed by atoms with Crippen molar-refractivity contribution in [1.29, 1.82) is 0 Å². The van der Waals surface area contributed by atoms with Crippen LogP contribution in [0.2, 0.25) is 0 Å². The number of hydrogen-bond donors (Lipinski definition) is 2. The van der Waals surface area contributed by atoms with E-state index in [9.17, 15) is 9.90 Å². The highest BCUT2D eigenvalue weighted by molar-refractivity contribution is 5.91. The van der Waals surface area contributed by atoms with Crippen molar-refractivity contribution in [3.8, 4) is 0 Å². The number of carbonyl (C=O) groups excluding carboxylic acids is 1. The molecule has 1 aliphatic heterocycles. The molecule has 3 fully saturated rings. The van der Waals surface area contributed by atoms with Crippen molar-refractivity contribution in [1.82, 2.24) is 5.32 Å². The summed E-state index contributed by atoms with van der Waals surface area (Å²) in [4.78, 5) is 13.0. The van der Waals surface area contributed by atoms with Crippen LogP contribution in [0.3, 0.4) is 0 Å². The van der Waals surface area contributed by atoms with E-state index in [1.807, 2.05) is 24.3 Å². The molecule has 5 atom stereocenters. The van der Waals surface area contributed by atoms with Crippen LogP contribution < -0.4 is 5.32 Å². The van der Waals surface area contributed by atoms with Gasteiger partial charge in [-0.15, -0.1) is 0 Å². The molecule has 3 aliphatic carbocycles. The lowest BCUT2D eigenvalue weighted by molar-refractivity contribution is -0.157. The number of carbonyl (C=O) groups is 1. The number of aliphatic hydroxyl groups excluding tert-OH is 1. The Bertz CT molecular complexity index is 785.